The molecule has 2 aromatic carbocycles. The highest BCUT2D eigenvalue weighted by Crippen LogP contribution is 2.07. The zero-order valence-electron chi connectivity index (χ0n) is 11.2. The second-order valence-electron chi connectivity index (χ2n) is 4.50. The molecule has 2 rings (SSSR count). The standard InChI is InChI=1S/C17H16N2O/c18-13-15-10-4-5-11-16(15)17(20)19-12-6-9-14-7-2-1-3-8-14/h1-5,7-8,10-11H,6,9,12H2,(H,19,20). The lowest BCUT2D eigenvalue weighted by atomic mass is 10.1. The third-order valence-corrected chi connectivity index (χ3v) is 3.06. The summed E-state index contributed by atoms with van der Waals surface area (Å²) >= 11 is 0. The SMILES string of the molecule is N#Cc1ccccc1C(=O)NCCCc1ccccc1. The number of hydrogen-bond acceptors (Lipinski definition) is 2. The number of nitrogens with zero attached hydrogens (tertiary/aromatic N) is 1. The van der Waals surface area contributed by atoms with E-state index in [1.165, 1.54) is 5.56 Å². The summed E-state index contributed by atoms with van der Waals surface area (Å²) in [6.07, 6.45) is 1.81. The van der Waals surface area contributed by atoms with Gasteiger partial charge >= 0.3 is 0 Å². The predicted octanol–water partition coefficient (Wildman–Crippen LogP) is 2.92. The molecule has 0 saturated heterocycles. The Bertz CT molecular complexity index is 614. The lowest BCUT2D eigenvalue weighted by Gasteiger charge is -2.06. The van der Waals surface area contributed by atoms with Gasteiger partial charge in [0, 0.05) is 6.54 Å². The van der Waals surface area contributed by atoms with Gasteiger partial charge in [0.2, 0.25) is 0 Å². The highest BCUT2D eigenvalue weighted by Gasteiger charge is 2.09. The summed E-state index contributed by atoms with van der Waals surface area (Å²) in [5.41, 5.74) is 2.11. The first-order chi connectivity index (χ1) is 9.81. The number of carbonyl (C=O) groups is 1. The molecule has 0 spiro atoms. The molecule has 0 fully saturated rings. The first kappa shape index (κ1) is 13.8. The van der Waals surface area contributed by atoms with Crippen molar-refractivity contribution in [1.82, 2.24) is 5.32 Å². The first-order valence-electron chi connectivity index (χ1n) is 6.62. The summed E-state index contributed by atoms with van der Waals surface area (Å²) in [5.74, 6) is -0.185. The van der Waals surface area contributed by atoms with E-state index in [1.54, 1.807) is 24.3 Å². The molecule has 0 atom stereocenters. The van der Waals surface area contributed by atoms with Crippen molar-refractivity contribution < 1.29 is 4.79 Å². The van der Waals surface area contributed by atoms with Crippen LogP contribution < -0.4 is 5.32 Å². The molecule has 2 aromatic rings. The van der Waals surface area contributed by atoms with Crippen molar-refractivity contribution in [2.24, 2.45) is 0 Å². The van der Waals surface area contributed by atoms with Gasteiger partial charge in [-0.2, -0.15) is 5.26 Å². The van der Waals surface area contributed by atoms with Crippen LogP contribution in [0.5, 0.6) is 0 Å². The van der Waals surface area contributed by atoms with Crippen molar-refractivity contribution in [3.63, 3.8) is 0 Å². The number of hydrogen-bond donors (Lipinski definition) is 1. The minimum atomic E-state index is -0.185. The van der Waals surface area contributed by atoms with Crippen LogP contribution >= 0.6 is 0 Å². The Morgan fingerprint density at radius 3 is 2.50 bits per heavy atom. The van der Waals surface area contributed by atoms with Crippen LogP contribution in [0, 0.1) is 11.3 Å². The van der Waals surface area contributed by atoms with Crippen LogP contribution in [0.3, 0.4) is 0 Å². The number of nitrogens with one attached hydrogen (secondary N) is 1. The summed E-state index contributed by atoms with van der Waals surface area (Å²) in [6, 6.07) is 19.0. The van der Waals surface area contributed by atoms with Crippen molar-refractivity contribution in [1.29, 1.82) is 5.26 Å². The zero-order chi connectivity index (χ0) is 14.2. The Balaban J connectivity index is 1.83. The average molecular weight is 264 g/mol. The van der Waals surface area contributed by atoms with Crippen molar-refractivity contribution in [3.8, 4) is 6.07 Å². The lowest BCUT2D eigenvalue weighted by molar-refractivity contribution is 0.0953. The van der Waals surface area contributed by atoms with Gasteiger partial charge in [0.05, 0.1) is 17.2 Å². The Morgan fingerprint density at radius 1 is 1.05 bits per heavy atom. The molecule has 0 saturated carbocycles. The molecule has 0 unspecified atom stereocenters. The van der Waals surface area contributed by atoms with Crippen molar-refractivity contribution in [3.05, 3.63) is 71.3 Å². The van der Waals surface area contributed by atoms with Crippen molar-refractivity contribution in [2.75, 3.05) is 6.54 Å². The quantitative estimate of drug-likeness (QED) is 0.844. The van der Waals surface area contributed by atoms with Crippen molar-refractivity contribution >= 4 is 5.91 Å². The molecule has 3 nitrogen and oxygen atoms in total. The van der Waals surface area contributed by atoms with Gasteiger partial charge in [-0.3, -0.25) is 4.79 Å². The van der Waals surface area contributed by atoms with Gasteiger partial charge in [-0.15, -0.1) is 0 Å². The minimum absolute atomic E-state index is 0.185. The summed E-state index contributed by atoms with van der Waals surface area (Å²) < 4.78 is 0. The molecule has 0 aromatic heterocycles. The highest BCUT2D eigenvalue weighted by molar-refractivity contribution is 5.96. The van der Waals surface area contributed by atoms with E-state index in [1.807, 2.05) is 24.3 Å². The van der Waals surface area contributed by atoms with Crippen molar-refractivity contribution in [2.45, 2.75) is 12.8 Å². The third kappa shape index (κ3) is 3.69. The highest BCUT2D eigenvalue weighted by atomic mass is 16.1. The van der Waals surface area contributed by atoms with E-state index in [2.05, 4.69) is 17.4 Å². The zero-order valence-corrected chi connectivity index (χ0v) is 11.2. The van der Waals surface area contributed by atoms with Gasteiger partial charge in [-0.1, -0.05) is 42.5 Å². The van der Waals surface area contributed by atoms with Gasteiger partial charge in [-0.05, 0) is 30.5 Å². The lowest BCUT2D eigenvalue weighted by Crippen LogP contribution is -2.25. The fourth-order valence-electron chi connectivity index (χ4n) is 2.01. The van der Waals surface area contributed by atoms with Gasteiger partial charge in [0.15, 0.2) is 0 Å². The number of rotatable bonds is 5. The molecular weight excluding hydrogens is 248 g/mol. The molecule has 0 aliphatic carbocycles. The first-order valence-corrected chi connectivity index (χ1v) is 6.62. The number of amides is 1. The van der Waals surface area contributed by atoms with Crippen LogP contribution in [0.4, 0.5) is 0 Å². The van der Waals surface area contributed by atoms with E-state index in [0.717, 1.165) is 12.8 Å². The summed E-state index contributed by atoms with van der Waals surface area (Å²) in [4.78, 5) is 12.0. The molecule has 1 amide bonds. The molecule has 1 N–H and O–H groups in total. The van der Waals surface area contributed by atoms with Crippen LogP contribution in [0.25, 0.3) is 0 Å². The second kappa shape index (κ2) is 7.10. The Morgan fingerprint density at radius 2 is 1.75 bits per heavy atom. The molecule has 3 heteroatoms. The molecule has 0 aliphatic rings. The molecule has 100 valence electrons. The van der Waals surface area contributed by atoms with E-state index < -0.39 is 0 Å². The molecule has 0 heterocycles. The number of carbonyl (C=O) groups excluding carboxylic acids is 1. The van der Waals surface area contributed by atoms with Gasteiger partial charge in [0.25, 0.3) is 5.91 Å². The minimum Gasteiger partial charge on any atom is -0.352 e. The van der Waals surface area contributed by atoms with E-state index in [4.69, 9.17) is 5.26 Å². The Labute approximate surface area is 118 Å². The molecule has 0 aliphatic heterocycles. The average Bonchev–Trinajstić information content (AvgIpc) is 2.52. The molecule has 20 heavy (non-hydrogen) atoms. The molecule has 0 radical (unpaired) electrons. The van der Waals surface area contributed by atoms with Gasteiger partial charge in [-0.25, -0.2) is 0 Å². The molecular formula is C17H16N2O. The van der Waals surface area contributed by atoms with E-state index in [-0.39, 0.29) is 5.91 Å². The van der Waals surface area contributed by atoms with E-state index in [0.29, 0.717) is 17.7 Å². The monoisotopic (exact) mass is 264 g/mol. The van der Waals surface area contributed by atoms with Crippen LogP contribution in [0.2, 0.25) is 0 Å². The number of benzene rings is 2. The number of nitriles is 1. The molecule has 0 bridgehead atoms. The summed E-state index contributed by atoms with van der Waals surface area (Å²) in [5, 5.41) is 11.8. The van der Waals surface area contributed by atoms with Crippen LogP contribution in [0.15, 0.2) is 54.6 Å². The van der Waals surface area contributed by atoms with Crippen LogP contribution in [-0.4, -0.2) is 12.5 Å². The number of aryl methyl sites for hydroxylation is 1. The van der Waals surface area contributed by atoms with Gasteiger partial charge < -0.3 is 5.32 Å². The smallest absolute Gasteiger partial charge is 0.252 e. The van der Waals surface area contributed by atoms with Crippen LogP contribution in [-0.2, 0) is 6.42 Å². The Hall–Kier alpha value is -2.60. The summed E-state index contributed by atoms with van der Waals surface area (Å²) in [7, 11) is 0. The second-order valence-corrected chi connectivity index (χ2v) is 4.50. The van der Waals surface area contributed by atoms with E-state index in [9.17, 15) is 4.79 Å². The fourth-order valence-corrected chi connectivity index (χ4v) is 2.01. The van der Waals surface area contributed by atoms with Crippen LogP contribution in [0.1, 0.15) is 27.9 Å². The maximum absolute atomic E-state index is 12.0. The Kier molecular flexibility index (Phi) is 4.91. The van der Waals surface area contributed by atoms with Gasteiger partial charge in [0.1, 0.15) is 0 Å². The van der Waals surface area contributed by atoms with E-state index >= 15 is 0 Å². The largest absolute Gasteiger partial charge is 0.352 e. The summed E-state index contributed by atoms with van der Waals surface area (Å²) in [6.45, 7) is 0.605. The fraction of sp³-hybridized carbons (Fsp3) is 0.176. The normalized spacial score (nSPS) is 9.75. The maximum Gasteiger partial charge on any atom is 0.252 e. The third-order valence-electron chi connectivity index (χ3n) is 3.06. The topological polar surface area (TPSA) is 52.9 Å². The predicted molar refractivity (Wildman–Crippen MR) is 78.3 cm³/mol. The maximum atomic E-state index is 12.0.